The van der Waals surface area contributed by atoms with Crippen molar-refractivity contribution in [2.75, 3.05) is 18.6 Å². The van der Waals surface area contributed by atoms with Gasteiger partial charge in [0.2, 0.25) is 0 Å². The van der Waals surface area contributed by atoms with Crippen LogP contribution in [0.25, 0.3) is 10.9 Å². The fourth-order valence-corrected chi connectivity index (χ4v) is 2.90. The first kappa shape index (κ1) is 17.9. The zero-order chi connectivity index (χ0) is 18.7. The predicted molar refractivity (Wildman–Crippen MR) is 97.9 cm³/mol. The Balaban J connectivity index is 2.13. The molecule has 0 fully saturated rings. The van der Waals surface area contributed by atoms with Crippen LogP contribution < -0.4 is 10.7 Å². The van der Waals surface area contributed by atoms with Crippen LogP contribution in [0.3, 0.4) is 0 Å². The molecule has 0 unspecified atom stereocenters. The molecule has 2 N–H and O–H groups in total. The van der Waals surface area contributed by atoms with Crippen LogP contribution in [0.2, 0.25) is 0 Å². The molecule has 1 aromatic carbocycles. The van der Waals surface area contributed by atoms with E-state index < -0.39 is 11.9 Å². The third-order valence-electron chi connectivity index (χ3n) is 3.76. The van der Waals surface area contributed by atoms with Crippen molar-refractivity contribution >= 4 is 34.6 Å². The Morgan fingerprint density at radius 1 is 1.42 bits per heavy atom. The zero-order valence-corrected chi connectivity index (χ0v) is 14.9. The highest BCUT2D eigenvalue weighted by molar-refractivity contribution is 7.98. The summed E-state index contributed by atoms with van der Waals surface area (Å²) in [5, 5.41) is 13.4. The van der Waals surface area contributed by atoms with Crippen LogP contribution in [0.4, 0.5) is 15.0 Å². The second kappa shape index (κ2) is 7.52. The standard InChI is InChI=1S/C17H16FN5O2S/c1-19-15-10(8-21-16(22-15)26-2)7-20-14-11-5-3-4-6-13(11)23(17(24)25)9-12(14)18/h3-6,8-9H,7H2,1-2H3,(H,24,25)(H,19,21,22)/b20-14-. The number of nitrogens with zero attached hydrogens (tertiary/aromatic N) is 4. The second-order valence-corrected chi connectivity index (χ2v) is 6.07. The van der Waals surface area contributed by atoms with Crippen LogP contribution in [0.5, 0.6) is 0 Å². The van der Waals surface area contributed by atoms with Gasteiger partial charge < -0.3 is 10.4 Å². The topological polar surface area (TPSA) is 92.4 Å². The number of aromatic nitrogens is 3. The van der Waals surface area contributed by atoms with Crippen molar-refractivity contribution in [1.29, 1.82) is 0 Å². The number of pyridine rings is 1. The third kappa shape index (κ3) is 3.38. The number of carboxylic acid groups (broad SMARTS) is 1. The number of rotatable bonds is 4. The Bertz CT molecular complexity index is 1050. The molecule has 0 aliphatic rings. The Kier molecular flexibility index (Phi) is 5.17. The second-order valence-electron chi connectivity index (χ2n) is 5.29. The van der Waals surface area contributed by atoms with Gasteiger partial charge in [0, 0.05) is 24.2 Å². The molecule has 0 spiro atoms. The lowest BCUT2D eigenvalue weighted by molar-refractivity contribution is 0.197. The molecule has 26 heavy (non-hydrogen) atoms. The monoisotopic (exact) mass is 373 g/mol. The first-order chi connectivity index (χ1) is 12.5. The van der Waals surface area contributed by atoms with Crippen molar-refractivity contribution in [3.05, 3.63) is 53.4 Å². The average molecular weight is 373 g/mol. The van der Waals surface area contributed by atoms with Crippen LogP contribution in [0.15, 0.2) is 46.8 Å². The van der Waals surface area contributed by atoms with Crippen LogP contribution in [-0.4, -0.2) is 39.0 Å². The maximum atomic E-state index is 14.5. The van der Waals surface area contributed by atoms with Gasteiger partial charge in [0.05, 0.1) is 18.3 Å². The number of halogens is 1. The van der Waals surface area contributed by atoms with E-state index in [4.69, 9.17) is 0 Å². The SMILES string of the molecule is CNc1nc(SC)ncc1C/N=c1\c(F)cn(C(=O)O)c2ccccc12. The molecule has 3 aromatic rings. The number of nitrogens with one attached hydrogen (secondary N) is 1. The molecule has 134 valence electrons. The number of carbonyl (C=O) groups is 1. The molecule has 0 saturated heterocycles. The molecule has 3 rings (SSSR count). The number of hydrogen-bond donors (Lipinski definition) is 2. The highest BCUT2D eigenvalue weighted by atomic mass is 32.2. The first-order valence-corrected chi connectivity index (χ1v) is 8.89. The van der Waals surface area contributed by atoms with Crippen molar-refractivity contribution in [2.24, 2.45) is 4.99 Å². The van der Waals surface area contributed by atoms with Gasteiger partial charge in [-0.25, -0.2) is 23.7 Å². The van der Waals surface area contributed by atoms with Gasteiger partial charge in [-0.3, -0.25) is 4.99 Å². The quantitative estimate of drug-likeness (QED) is 0.540. The molecule has 0 saturated carbocycles. The van der Waals surface area contributed by atoms with E-state index in [1.54, 1.807) is 37.5 Å². The molecule has 0 aliphatic carbocycles. The predicted octanol–water partition coefficient (Wildman–Crippen LogP) is 2.96. The maximum absolute atomic E-state index is 14.5. The van der Waals surface area contributed by atoms with E-state index >= 15 is 0 Å². The van der Waals surface area contributed by atoms with Gasteiger partial charge in [-0.1, -0.05) is 30.0 Å². The summed E-state index contributed by atoms with van der Waals surface area (Å²) in [5.41, 5.74) is 1.08. The van der Waals surface area contributed by atoms with Crippen molar-refractivity contribution in [3.8, 4) is 0 Å². The lowest BCUT2D eigenvalue weighted by Crippen LogP contribution is -2.19. The van der Waals surface area contributed by atoms with Gasteiger partial charge in [0.1, 0.15) is 11.2 Å². The zero-order valence-electron chi connectivity index (χ0n) is 14.1. The number of para-hydroxylation sites is 1. The van der Waals surface area contributed by atoms with E-state index in [2.05, 4.69) is 20.3 Å². The van der Waals surface area contributed by atoms with E-state index in [1.807, 2.05) is 6.26 Å². The molecular formula is C17H16FN5O2S. The van der Waals surface area contributed by atoms with Gasteiger partial charge in [-0.15, -0.1) is 0 Å². The van der Waals surface area contributed by atoms with Crippen molar-refractivity contribution in [3.63, 3.8) is 0 Å². The fourth-order valence-electron chi connectivity index (χ4n) is 2.56. The number of benzene rings is 1. The van der Waals surface area contributed by atoms with E-state index in [0.29, 0.717) is 27.4 Å². The van der Waals surface area contributed by atoms with E-state index in [-0.39, 0.29) is 11.9 Å². The minimum Gasteiger partial charge on any atom is -0.464 e. The largest absolute Gasteiger partial charge is 0.464 e. The molecule has 2 heterocycles. The van der Waals surface area contributed by atoms with Gasteiger partial charge in [-0.2, -0.15) is 0 Å². The van der Waals surface area contributed by atoms with Gasteiger partial charge in [0.15, 0.2) is 11.0 Å². The maximum Gasteiger partial charge on any atom is 0.416 e. The summed E-state index contributed by atoms with van der Waals surface area (Å²) >= 11 is 1.42. The number of anilines is 1. The Hall–Kier alpha value is -2.94. The molecule has 0 amide bonds. The Morgan fingerprint density at radius 2 is 2.19 bits per heavy atom. The Morgan fingerprint density at radius 3 is 2.88 bits per heavy atom. The van der Waals surface area contributed by atoms with Crippen LogP contribution >= 0.6 is 11.8 Å². The first-order valence-electron chi connectivity index (χ1n) is 7.66. The number of fused-ring (bicyclic) bond motifs is 1. The van der Waals surface area contributed by atoms with Crippen molar-refractivity contribution in [1.82, 2.24) is 14.5 Å². The summed E-state index contributed by atoms with van der Waals surface area (Å²) in [4.78, 5) is 24.3. The van der Waals surface area contributed by atoms with E-state index in [0.717, 1.165) is 10.8 Å². The highest BCUT2D eigenvalue weighted by Gasteiger charge is 2.11. The van der Waals surface area contributed by atoms with Gasteiger partial charge >= 0.3 is 6.09 Å². The smallest absolute Gasteiger partial charge is 0.416 e. The fraction of sp³-hybridized carbons (Fsp3) is 0.176. The summed E-state index contributed by atoms with van der Waals surface area (Å²) in [5.74, 6) is -0.0897. The Labute approximate surface area is 152 Å². The molecule has 0 bridgehead atoms. The molecule has 9 heteroatoms. The molecule has 0 aliphatic heterocycles. The molecule has 7 nitrogen and oxygen atoms in total. The summed E-state index contributed by atoms with van der Waals surface area (Å²) in [6.07, 6.45) is 3.19. The minimum absolute atomic E-state index is 0.106. The summed E-state index contributed by atoms with van der Waals surface area (Å²) in [6, 6.07) is 6.65. The summed E-state index contributed by atoms with van der Waals surface area (Å²) < 4.78 is 15.4. The minimum atomic E-state index is -1.26. The molecule has 0 radical (unpaired) electrons. The molecular weight excluding hydrogens is 357 g/mol. The van der Waals surface area contributed by atoms with Crippen LogP contribution in [0, 0.1) is 5.82 Å². The van der Waals surface area contributed by atoms with E-state index in [9.17, 15) is 14.3 Å². The lowest BCUT2D eigenvalue weighted by Gasteiger charge is -2.09. The third-order valence-corrected chi connectivity index (χ3v) is 4.32. The molecule has 0 atom stereocenters. The van der Waals surface area contributed by atoms with Crippen molar-refractivity contribution in [2.45, 2.75) is 11.7 Å². The molecule has 2 aromatic heterocycles. The highest BCUT2D eigenvalue weighted by Crippen LogP contribution is 2.17. The normalized spacial score (nSPS) is 11.7. The van der Waals surface area contributed by atoms with Crippen LogP contribution in [0.1, 0.15) is 5.56 Å². The van der Waals surface area contributed by atoms with E-state index in [1.165, 1.54) is 11.8 Å². The lowest BCUT2D eigenvalue weighted by atomic mass is 10.2. The summed E-state index contributed by atoms with van der Waals surface area (Å²) in [7, 11) is 1.74. The average Bonchev–Trinajstić information content (AvgIpc) is 2.66. The van der Waals surface area contributed by atoms with Crippen molar-refractivity contribution < 1.29 is 14.3 Å². The number of hydrogen-bond acceptors (Lipinski definition) is 6. The van der Waals surface area contributed by atoms with Crippen LogP contribution in [-0.2, 0) is 6.54 Å². The van der Waals surface area contributed by atoms with Gasteiger partial charge in [-0.05, 0) is 12.3 Å². The summed E-state index contributed by atoms with van der Waals surface area (Å²) in [6.45, 7) is 0.156. The number of thioether (sulfide) groups is 1. The van der Waals surface area contributed by atoms with Gasteiger partial charge in [0.25, 0.3) is 0 Å².